The maximum Gasteiger partial charge on any atom is 0.0853 e. The van der Waals surface area contributed by atoms with Gasteiger partial charge in [0.2, 0.25) is 0 Å². The summed E-state index contributed by atoms with van der Waals surface area (Å²) in [6.45, 7) is 4.53. The molecule has 16 heavy (non-hydrogen) atoms. The van der Waals surface area contributed by atoms with Crippen molar-refractivity contribution in [3.8, 4) is 0 Å². The van der Waals surface area contributed by atoms with E-state index in [1.807, 2.05) is 6.07 Å². The normalized spacial score (nSPS) is 12.7. The highest BCUT2D eigenvalue weighted by Crippen LogP contribution is 2.22. The van der Waals surface area contributed by atoms with Gasteiger partial charge >= 0.3 is 0 Å². The smallest absolute Gasteiger partial charge is 0.0853 e. The molecule has 0 aliphatic carbocycles. The van der Waals surface area contributed by atoms with Crippen LogP contribution in [0.4, 0.5) is 0 Å². The lowest BCUT2D eigenvalue weighted by Crippen LogP contribution is -1.97. The zero-order valence-corrected chi connectivity index (χ0v) is 10.4. The van der Waals surface area contributed by atoms with E-state index in [4.69, 9.17) is 5.11 Å². The van der Waals surface area contributed by atoms with Gasteiger partial charge in [-0.1, -0.05) is 39.5 Å². The summed E-state index contributed by atoms with van der Waals surface area (Å²) in [6, 6.07) is 4.08. The van der Waals surface area contributed by atoms with Crippen LogP contribution in [0.25, 0.3) is 0 Å². The van der Waals surface area contributed by atoms with E-state index >= 15 is 0 Å². The molecule has 0 fully saturated rings. The molecule has 1 atom stereocenters. The molecule has 1 rings (SSSR count). The molecule has 1 N–H and O–H groups in total. The van der Waals surface area contributed by atoms with Crippen LogP contribution in [-0.4, -0.2) is 10.1 Å². The summed E-state index contributed by atoms with van der Waals surface area (Å²) in [7, 11) is 0. The monoisotopic (exact) mass is 221 g/mol. The summed E-state index contributed by atoms with van der Waals surface area (Å²) in [5, 5.41) is 9.03. The molecule has 90 valence electrons. The predicted octanol–water partition coefficient (Wildman–Crippen LogP) is 3.65. The van der Waals surface area contributed by atoms with E-state index in [2.05, 4.69) is 24.9 Å². The van der Waals surface area contributed by atoms with Gasteiger partial charge in [0, 0.05) is 6.20 Å². The van der Waals surface area contributed by atoms with Gasteiger partial charge in [-0.2, -0.15) is 0 Å². The van der Waals surface area contributed by atoms with Crippen LogP contribution < -0.4 is 0 Å². The number of hydrogen-bond acceptors (Lipinski definition) is 2. The quantitative estimate of drug-likeness (QED) is 0.713. The van der Waals surface area contributed by atoms with Gasteiger partial charge in [-0.15, -0.1) is 0 Å². The second kappa shape index (κ2) is 7.39. The lowest BCUT2D eigenvalue weighted by molar-refractivity contribution is 0.276. The Labute approximate surface area is 98.7 Å². The first-order valence-electron chi connectivity index (χ1n) is 6.33. The fraction of sp³-hybridized carbons (Fsp3) is 0.643. The minimum Gasteiger partial charge on any atom is -0.390 e. The van der Waals surface area contributed by atoms with Crippen LogP contribution in [0.2, 0.25) is 0 Å². The standard InChI is InChI=1S/C14H23NO/c1-3-4-5-6-7-12(2)13-8-9-15-14(10-13)11-16/h8-10,12,16H,3-7,11H2,1-2H3. The summed E-state index contributed by atoms with van der Waals surface area (Å²) in [5.74, 6) is 0.574. The molecule has 1 aromatic heterocycles. The van der Waals surface area contributed by atoms with Crippen LogP contribution in [0.5, 0.6) is 0 Å². The van der Waals surface area contributed by atoms with Crippen molar-refractivity contribution in [3.05, 3.63) is 29.6 Å². The molecule has 0 saturated heterocycles. The Bertz CT molecular complexity index is 299. The maximum absolute atomic E-state index is 9.03. The minimum absolute atomic E-state index is 0.0381. The number of aliphatic hydroxyl groups excluding tert-OH is 1. The SMILES string of the molecule is CCCCCCC(C)c1ccnc(CO)c1. The average molecular weight is 221 g/mol. The highest BCUT2D eigenvalue weighted by molar-refractivity contribution is 5.19. The molecular weight excluding hydrogens is 198 g/mol. The van der Waals surface area contributed by atoms with Crippen LogP contribution in [0, 0.1) is 0 Å². The highest BCUT2D eigenvalue weighted by Gasteiger charge is 2.06. The molecule has 0 bridgehead atoms. The van der Waals surface area contributed by atoms with E-state index in [1.165, 1.54) is 37.7 Å². The molecule has 0 radical (unpaired) electrons. The Morgan fingerprint density at radius 3 is 2.81 bits per heavy atom. The lowest BCUT2D eigenvalue weighted by atomic mass is 9.95. The van der Waals surface area contributed by atoms with Crippen molar-refractivity contribution in [1.29, 1.82) is 0 Å². The number of unbranched alkanes of at least 4 members (excludes halogenated alkanes) is 3. The van der Waals surface area contributed by atoms with Crippen molar-refractivity contribution in [2.45, 2.75) is 58.5 Å². The third-order valence-corrected chi connectivity index (χ3v) is 3.06. The van der Waals surface area contributed by atoms with Crippen LogP contribution in [-0.2, 0) is 6.61 Å². The summed E-state index contributed by atoms with van der Waals surface area (Å²) < 4.78 is 0. The Hall–Kier alpha value is -0.890. The number of aromatic nitrogens is 1. The van der Waals surface area contributed by atoms with Gasteiger partial charge in [-0.25, -0.2) is 0 Å². The fourth-order valence-electron chi connectivity index (χ4n) is 1.93. The first-order valence-corrected chi connectivity index (χ1v) is 6.33. The zero-order valence-electron chi connectivity index (χ0n) is 10.4. The summed E-state index contributed by atoms with van der Waals surface area (Å²) >= 11 is 0. The number of nitrogens with zero attached hydrogens (tertiary/aromatic N) is 1. The molecule has 0 amide bonds. The average Bonchev–Trinajstić information content (AvgIpc) is 2.34. The number of pyridine rings is 1. The molecule has 1 heterocycles. The third kappa shape index (κ3) is 4.31. The van der Waals surface area contributed by atoms with Gasteiger partial charge in [-0.3, -0.25) is 4.98 Å². The van der Waals surface area contributed by atoms with Gasteiger partial charge < -0.3 is 5.11 Å². The van der Waals surface area contributed by atoms with E-state index in [9.17, 15) is 0 Å². The van der Waals surface area contributed by atoms with Crippen molar-refractivity contribution in [2.24, 2.45) is 0 Å². The Morgan fingerprint density at radius 1 is 1.31 bits per heavy atom. The van der Waals surface area contributed by atoms with Crippen molar-refractivity contribution in [3.63, 3.8) is 0 Å². The Kier molecular flexibility index (Phi) is 6.09. The number of rotatable bonds is 7. The molecule has 2 nitrogen and oxygen atoms in total. The van der Waals surface area contributed by atoms with Crippen LogP contribution in [0.3, 0.4) is 0 Å². The molecular formula is C14H23NO. The minimum atomic E-state index is 0.0381. The van der Waals surface area contributed by atoms with Crippen LogP contribution >= 0.6 is 0 Å². The van der Waals surface area contributed by atoms with Gasteiger partial charge in [-0.05, 0) is 30.0 Å². The first kappa shape index (κ1) is 13.2. The van der Waals surface area contributed by atoms with E-state index < -0.39 is 0 Å². The largest absolute Gasteiger partial charge is 0.390 e. The summed E-state index contributed by atoms with van der Waals surface area (Å²) in [6.07, 6.45) is 8.28. The zero-order chi connectivity index (χ0) is 11.8. The Morgan fingerprint density at radius 2 is 2.12 bits per heavy atom. The predicted molar refractivity (Wildman–Crippen MR) is 67.3 cm³/mol. The topological polar surface area (TPSA) is 33.1 Å². The number of hydrogen-bond donors (Lipinski definition) is 1. The molecule has 2 heteroatoms. The van der Waals surface area contributed by atoms with Crippen molar-refractivity contribution in [2.75, 3.05) is 0 Å². The van der Waals surface area contributed by atoms with Crippen molar-refractivity contribution in [1.82, 2.24) is 4.98 Å². The molecule has 0 spiro atoms. The van der Waals surface area contributed by atoms with Gasteiger partial charge in [0.05, 0.1) is 12.3 Å². The van der Waals surface area contributed by atoms with E-state index in [-0.39, 0.29) is 6.61 Å². The van der Waals surface area contributed by atoms with E-state index in [0.717, 1.165) is 5.69 Å². The van der Waals surface area contributed by atoms with Crippen LogP contribution in [0.1, 0.15) is 63.1 Å². The highest BCUT2D eigenvalue weighted by atomic mass is 16.3. The van der Waals surface area contributed by atoms with E-state index in [0.29, 0.717) is 5.92 Å². The fourth-order valence-corrected chi connectivity index (χ4v) is 1.93. The molecule has 0 saturated carbocycles. The molecule has 0 aromatic carbocycles. The summed E-state index contributed by atoms with van der Waals surface area (Å²) in [5.41, 5.74) is 2.08. The van der Waals surface area contributed by atoms with Gasteiger partial charge in [0.15, 0.2) is 0 Å². The van der Waals surface area contributed by atoms with Gasteiger partial charge in [0.1, 0.15) is 0 Å². The van der Waals surface area contributed by atoms with E-state index in [1.54, 1.807) is 6.20 Å². The van der Waals surface area contributed by atoms with Gasteiger partial charge in [0.25, 0.3) is 0 Å². The summed E-state index contributed by atoms with van der Waals surface area (Å²) in [4.78, 5) is 4.10. The van der Waals surface area contributed by atoms with Crippen LogP contribution in [0.15, 0.2) is 18.3 Å². The van der Waals surface area contributed by atoms with Crippen molar-refractivity contribution >= 4 is 0 Å². The van der Waals surface area contributed by atoms with Crippen molar-refractivity contribution < 1.29 is 5.11 Å². The maximum atomic E-state index is 9.03. The second-order valence-corrected chi connectivity index (χ2v) is 4.49. The second-order valence-electron chi connectivity index (χ2n) is 4.49. The molecule has 0 aliphatic rings. The third-order valence-electron chi connectivity index (χ3n) is 3.06. The molecule has 0 aliphatic heterocycles. The molecule has 1 aromatic rings. The molecule has 1 unspecified atom stereocenters. The Balaban J connectivity index is 2.42. The lowest BCUT2D eigenvalue weighted by Gasteiger charge is -2.12. The first-order chi connectivity index (χ1) is 7.77. The number of aliphatic hydroxyl groups is 1.